The Morgan fingerprint density at radius 3 is 2.82 bits per heavy atom. The Hall–Kier alpha value is -3.07. The standard InChI is InChI=1S/C19H23N7O2/c27-11-10-25-9-7-18(21-25)16-2-1-8-24(13-16)19(28)12-15-3-5-17(6-4-15)26-14-20-22-23-26/h3-7,9,14,16,27H,1-2,8,10-13H2. The van der Waals surface area contributed by atoms with Crippen molar-refractivity contribution in [2.24, 2.45) is 0 Å². The normalized spacial score (nSPS) is 17.0. The van der Waals surface area contributed by atoms with Gasteiger partial charge in [-0.05, 0) is 47.0 Å². The Morgan fingerprint density at radius 2 is 2.07 bits per heavy atom. The summed E-state index contributed by atoms with van der Waals surface area (Å²) in [5.41, 5.74) is 2.82. The molecule has 1 amide bonds. The average Bonchev–Trinajstić information content (AvgIpc) is 3.41. The van der Waals surface area contributed by atoms with Crippen LogP contribution in [0.2, 0.25) is 0 Å². The molecule has 1 unspecified atom stereocenters. The highest BCUT2D eigenvalue weighted by Crippen LogP contribution is 2.26. The van der Waals surface area contributed by atoms with Crippen LogP contribution in [0.4, 0.5) is 0 Å². The molecule has 28 heavy (non-hydrogen) atoms. The summed E-state index contributed by atoms with van der Waals surface area (Å²) < 4.78 is 3.33. The molecule has 1 aromatic carbocycles. The summed E-state index contributed by atoms with van der Waals surface area (Å²) in [6, 6.07) is 9.68. The molecule has 3 aromatic rings. The fraction of sp³-hybridized carbons (Fsp3) is 0.421. The van der Waals surface area contributed by atoms with Crippen molar-refractivity contribution in [1.29, 1.82) is 0 Å². The first-order valence-electron chi connectivity index (χ1n) is 9.47. The van der Waals surface area contributed by atoms with Crippen molar-refractivity contribution in [3.63, 3.8) is 0 Å². The van der Waals surface area contributed by atoms with Gasteiger partial charge in [0.1, 0.15) is 6.33 Å². The van der Waals surface area contributed by atoms with E-state index in [2.05, 4.69) is 20.6 Å². The Kier molecular flexibility index (Phi) is 5.43. The highest BCUT2D eigenvalue weighted by Gasteiger charge is 2.26. The number of amides is 1. The lowest BCUT2D eigenvalue weighted by molar-refractivity contribution is -0.131. The molecule has 1 N–H and O–H groups in total. The Bertz CT molecular complexity index is 905. The topological polar surface area (TPSA) is 102 Å². The van der Waals surface area contributed by atoms with E-state index in [0.717, 1.165) is 36.3 Å². The number of hydrogen-bond donors (Lipinski definition) is 1. The van der Waals surface area contributed by atoms with Gasteiger partial charge in [0.2, 0.25) is 5.91 Å². The Morgan fingerprint density at radius 1 is 1.21 bits per heavy atom. The van der Waals surface area contributed by atoms with Gasteiger partial charge < -0.3 is 10.0 Å². The number of benzene rings is 1. The van der Waals surface area contributed by atoms with E-state index in [1.807, 2.05) is 41.4 Å². The van der Waals surface area contributed by atoms with Gasteiger partial charge in [-0.15, -0.1) is 5.10 Å². The number of nitrogens with zero attached hydrogens (tertiary/aromatic N) is 7. The van der Waals surface area contributed by atoms with Crippen LogP contribution in [0.5, 0.6) is 0 Å². The molecular formula is C19H23N7O2. The number of rotatable bonds is 6. The van der Waals surface area contributed by atoms with Gasteiger partial charge >= 0.3 is 0 Å². The summed E-state index contributed by atoms with van der Waals surface area (Å²) in [5.74, 6) is 0.384. The van der Waals surface area contributed by atoms with E-state index < -0.39 is 0 Å². The first kappa shape index (κ1) is 18.3. The monoisotopic (exact) mass is 381 g/mol. The maximum atomic E-state index is 12.8. The lowest BCUT2D eigenvalue weighted by Crippen LogP contribution is -2.40. The number of tetrazole rings is 1. The fourth-order valence-corrected chi connectivity index (χ4v) is 3.60. The smallest absolute Gasteiger partial charge is 0.227 e. The van der Waals surface area contributed by atoms with Crippen LogP contribution < -0.4 is 0 Å². The summed E-state index contributed by atoms with van der Waals surface area (Å²) >= 11 is 0. The second-order valence-electron chi connectivity index (χ2n) is 7.00. The van der Waals surface area contributed by atoms with Gasteiger partial charge in [0.25, 0.3) is 0 Å². The summed E-state index contributed by atoms with van der Waals surface area (Å²) in [4.78, 5) is 14.7. The molecule has 9 nitrogen and oxygen atoms in total. The minimum atomic E-state index is 0.0720. The number of hydrogen-bond acceptors (Lipinski definition) is 6. The summed E-state index contributed by atoms with van der Waals surface area (Å²) in [7, 11) is 0. The molecule has 2 aromatic heterocycles. The van der Waals surface area contributed by atoms with Crippen molar-refractivity contribution in [3.05, 3.63) is 54.1 Å². The first-order valence-corrected chi connectivity index (χ1v) is 9.47. The van der Waals surface area contributed by atoms with Crippen LogP contribution in [-0.4, -0.2) is 65.6 Å². The number of piperidine rings is 1. The van der Waals surface area contributed by atoms with Crippen molar-refractivity contribution in [3.8, 4) is 5.69 Å². The van der Waals surface area contributed by atoms with Crippen molar-refractivity contribution in [2.75, 3.05) is 19.7 Å². The lowest BCUT2D eigenvalue weighted by Gasteiger charge is -2.32. The number of carbonyl (C=O) groups is 1. The molecule has 0 aliphatic carbocycles. The summed E-state index contributed by atoms with van der Waals surface area (Å²) in [6.07, 6.45) is 5.80. The third kappa shape index (κ3) is 4.09. The highest BCUT2D eigenvalue weighted by molar-refractivity contribution is 5.79. The first-order chi connectivity index (χ1) is 13.7. The Labute approximate surface area is 162 Å². The van der Waals surface area contributed by atoms with E-state index in [9.17, 15) is 4.79 Å². The van der Waals surface area contributed by atoms with Crippen LogP contribution in [0.1, 0.15) is 30.0 Å². The average molecular weight is 381 g/mol. The number of likely N-dealkylation sites (tertiary alicyclic amines) is 1. The molecule has 1 aliphatic heterocycles. The van der Waals surface area contributed by atoms with Gasteiger partial charge in [-0.2, -0.15) is 5.10 Å². The van der Waals surface area contributed by atoms with Gasteiger partial charge in [0.05, 0.1) is 31.0 Å². The number of aromatic nitrogens is 6. The van der Waals surface area contributed by atoms with Crippen molar-refractivity contribution in [2.45, 2.75) is 31.7 Å². The molecule has 0 bridgehead atoms. The number of aliphatic hydroxyl groups excluding tert-OH is 1. The molecule has 1 fully saturated rings. The number of aliphatic hydroxyl groups is 1. The molecule has 1 atom stereocenters. The molecule has 0 spiro atoms. The molecule has 9 heteroatoms. The molecule has 146 valence electrons. The Balaban J connectivity index is 1.37. The van der Waals surface area contributed by atoms with Gasteiger partial charge in [-0.3, -0.25) is 9.48 Å². The predicted molar refractivity (Wildman–Crippen MR) is 101 cm³/mol. The molecular weight excluding hydrogens is 358 g/mol. The number of carbonyl (C=O) groups excluding carboxylic acids is 1. The highest BCUT2D eigenvalue weighted by atomic mass is 16.3. The van der Waals surface area contributed by atoms with Crippen molar-refractivity contribution >= 4 is 5.91 Å². The van der Waals surface area contributed by atoms with Gasteiger partial charge in [0.15, 0.2) is 0 Å². The van der Waals surface area contributed by atoms with Crippen LogP contribution in [-0.2, 0) is 17.8 Å². The maximum absolute atomic E-state index is 12.8. The largest absolute Gasteiger partial charge is 0.394 e. The zero-order chi connectivity index (χ0) is 19.3. The third-order valence-electron chi connectivity index (χ3n) is 5.09. The zero-order valence-corrected chi connectivity index (χ0v) is 15.6. The molecule has 1 aliphatic rings. The molecule has 0 saturated carbocycles. The van der Waals surface area contributed by atoms with Gasteiger partial charge in [0, 0.05) is 25.2 Å². The predicted octanol–water partition coefficient (Wildman–Crippen LogP) is 0.800. The maximum Gasteiger partial charge on any atom is 0.227 e. The minimum Gasteiger partial charge on any atom is -0.394 e. The molecule has 4 rings (SSSR count). The van der Waals surface area contributed by atoms with E-state index in [-0.39, 0.29) is 18.4 Å². The van der Waals surface area contributed by atoms with Crippen molar-refractivity contribution < 1.29 is 9.90 Å². The third-order valence-corrected chi connectivity index (χ3v) is 5.09. The van der Waals surface area contributed by atoms with E-state index in [1.54, 1.807) is 9.36 Å². The molecule has 0 radical (unpaired) electrons. The zero-order valence-electron chi connectivity index (χ0n) is 15.6. The minimum absolute atomic E-state index is 0.0720. The fourth-order valence-electron chi connectivity index (χ4n) is 3.60. The molecule has 1 saturated heterocycles. The summed E-state index contributed by atoms with van der Waals surface area (Å²) in [6.45, 7) is 2.05. The summed E-state index contributed by atoms with van der Waals surface area (Å²) in [5, 5.41) is 24.7. The SMILES string of the molecule is O=C(Cc1ccc(-n2cnnn2)cc1)N1CCCC(c2ccn(CCO)n2)C1. The van der Waals surface area contributed by atoms with Crippen molar-refractivity contribution in [1.82, 2.24) is 34.9 Å². The van der Waals surface area contributed by atoms with Crippen LogP contribution >= 0.6 is 0 Å². The van der Waals surface area contributed by atoms with E-state index in [1.165, 1.54) is 6.33 Å². The van der Waals surface area contributed by atoms with Gasteiger partial charge in [-0.25, -0.2) is 4.68 Å². The van der Waals surface area contributed by atoms with Gasteiger partial charge in [-0.1, -0.05) is 12.1 Å². The van der Waals surface area contributed by atoms with Crippen LogP contribution in [0.15, 0.2) is 42.9 Å². The van der Waals surface area contributed by atoms with E-state index in [4.69, 9.17) is 5.11 Å². The van der Waals surface area contributed by atoms with E-state index in [0.29, 0.717) is 19.5 Å². The molecule has 3 heterocycles. The quantitative estimate of drug-likeness (QED) is 0.678. The van der Waals surface area contributed by atoms with E-state index >= 15 is 0 Å². The van der Waals surface area contributed by atoms with Crippen LogP contribution in [0.3, 0.4) is 0 Å². The van der Waals surface area contributed by atoms with Crippen LogP contribution in [0, 0.1) is 0 Å². The second kappa shape index (κ2) is 8.30. The lowest BCUT2D eigenvalue weighted by atomic mass is 9.94. The van der Waals surface area contributed by atoms with Crippen LogP contribution in [0.25, 0.3) is 5.69 Å². The second-order valence-corrected chi connectivity index (χ2v) is 7.00.